The van der Waals surface area contributed by atoms with Gasteiger partial charge in [0.2, 0.25) is 11.8 Å². The van der Waals surface area contributed by atoms with Gasteiger partial charge < -0.3 is 14.7 Å². The zero-order chi connectivity index (χ0) is 20.1. The Morgan fingerprint density at radius 2 is 2.04 bits per heavy atom. The summed E-state index contributed by atoms with van der Waals surface area (Å²) in [5.74, 6) is 0.661. The minimum atomic E-state index is -0.688. The van der Waals surface area contributed by atoms with Crippen LogP contribution in [0.25, 0.3) is 11.3 Å². The minimum Gasteiger partial charge on any atom is -0.361 e. The SMILES string of the molecule is CCNC(=O)C1(Cc2cc(-c3ccccc3)no2)CCCN(C(=O)C(C)C)C1. The van der Waals surface area contributed by atoms with Crippen LogP contribution >= 0.6 is 0 Å². The number of rotatable bonds is 6. The third-order valence-electron chi connectivity index (χ3n) is 5.34. The average Bonchev–Trinajstić information content (AvgIpc) is 3.16. The zero-order valence-electron chi connectivity index (χ0n) is 16.9. The Hall–Kier alpha value is -2.63. The lowest BCUT2D eigenvalue weighted by atomic mass is 9.75. The summed E-state index contributed by atoms with van der Waals surface area (Å²) >= 11 is 0. The van der Waals surface area contributed by atoms with Crippen molar-refractivity contribution < 1.29 is 14.1 Å². The Bertz CT molecular complexity index is 815. The number of aromatic nitrogens is 1. The highest BCUT2D eigenvalue weighted by molar-refractivity contribution is 5.85. The van der Waals surface area contributed by atoms with E-state index in [1.807, 2.05) is 62.1 Å². The highest BCUT2D eigenvalue weighted by atomic mass is 16.5. The normalized spacial score (nSPS) is 19.6. The first kappa shape index (κ1) is 20.1. The van der Waals surface area contributed by atoms with E-state index in [9.17, 15) is 9.59 Å². The fourth-order valence-electron chi connectivity index (χ4n) is 3.92. The molecule has 2 aromatic rings. The van der Waals surface area contributed by atoms with Crippen LogP contribution in [0.1, 0.15) is 39.4 Å². The third-order valence-corrected chi connectivity index (χ3v) is 5.34. The molecular weight excluding hydrogens is 354 g/mol. The summed E-state index contributed by atoms with van der Waals surface area (Å²) in [6.45, 7) is 7.37. The van der Waals surface area contributed by atoms with Gasteiger partial charge >= 0.3 is 0 Å². The fraction of sp³-hybridized carbons (Fsp3) is 0.500. The van der Waals surface area contributed by atoms with Crippen molar-refractivity contribution in [2.45, 2.75) is 40.0 Å². The number of nitrogens with zero attached hydrogens (tertiary/aromatic N) is 2. The molecule has 1 aliphatic heterocycles. The van der Waals surface area contributed by atoms with Crippen LogP contribution in [-0.2, 0) is 16.0 Å². The van der Waals surface area contributed by atoms with Crippen LogP contribution < -0.4 is 5.32 Å². The second-order valence-electron chi connectivity index (χ2n) is 7.88. The van der Waals surface area contributed by atoms with E-state index in [-0.39, 0.29) is 17.7 Å². The first-order valence-electron chi connectivity index (χ1n) is 10.0. The van der Waals surface area contributed by atoms with E-state index >= 15 is 0 Å². The van der Waals surface area contributed by atoms with Gasteiger partial charge in [0.05, 0.1) is 5.41 Å². The lowest BCUT2D eigenvalue weighted by Gasteiger charge is -2.41. The predicted octanol–water partition coefficient (Wildman–Crippen LogP) is 3.29. The van der Waals surface area contributed by atoms with Gasteiger partial charge in [0.25, 0.3) is 0 Å². The zero-order valence-corrected chi connectivity index (χ0v) is 16.9. The Balaban J connectivity index is 1.85. The highest BCUT2D eigenvalue weighted by Gasteiger charge is 2.44. The molecule has 0 spiro atoms. The van der Waals surface area contributed by atoms with Gasteiger partial charge in [0.15, 0.2) is 0 Å². The number of piperidine rings is 1. The average molecular weight is 383 g/mol. The van der Waals surface area contributed by atoms with Crippen molar-refractivity contribution in [3.63, 3.8) is 0 Å². The van der Waals surface area contributed by atoms with E-state index in [2.05, 4.69) is 10.5 Å². The standard InChI is InChI=1S/C22H29N3O3/c1-4-23-21(27)22(11-8-12-25(15-22)20(26)16(2)3)14-18-13-19(24-28-18)17-9-6-5-7-10-17/h5-7,9-10,13,16H,4,8,11-12,14-15H2,1-3H3,(H,23,27). The van der Waals surface area contributed by atoms with Crippen molar-refractivity contribution in [3.05, 3.63) is 42.2 Å². The monoisotopic (exact) mass is 383 g/mol. The van der Waals surface area contributed by atoms with Gasteiger partial charge in [-0.15, -0.1) is 0 Å². The molecule has 6 heteroatoms. The minimum absolute atomic E-state index is 0.0195. The number of hydrogen-bond donors (Lipinski definition) is 1. The van der Waals surface area contributed by atoms with E-state index in [0.717, 1.165) is 24.1 Å². The van der Waals surface area contributed by atoms with E-state index in [4.69, 9.17) is 4.52 Å². The van der Waals surface area contributed by atoms with Crippen molar-refractivity contribution in [2.24, 2.45) is 11.3 Å². The molecule has 1 fully saturated rings. The molecule has 6 nitrogen and oxygen atoms in total. The molecule has 2 heterocycles. The van der Waals surface area contributed by atoms with Gasteiger partial charge in [-0.1, -0.05) is 49.3 Å². The van der Waals surface area contributed by atoms with Gasteiger partial charge in [-0.3, -0.25) is 9.59 Å². The summed E-state index contributed by atoms with van der Waals surface area (Å²) in [5, 5.41) is 7.15. The smallest absolute Gasteiger partial charge is 0.228 e. The lowest BCUT2D eigenvalue weighted by molar-refractivity contribution is -0.143. The molecule has 2 amide bonds. The van der Waals surface area contributed by atoms with Gasteiger partial charge in [-0.25, -0.2) is 0 Å². The van der Waals surface area contributed by atoms with Gasteiger partial charge in [0.1, 0.15) is 11.5 Å². The molecule has 3 rings (SSSR count). The molecular formula is C22H29N3O3. The maximum atomic E-state index is 13.0. The predicted molar refractivity (Wildman–Crippen MR) is 107 cm³/mol. The summed E-state index contributed by atoms with van der Waals surface area (Å²) in [6, 6.07) is 11.7. The summed E-state index contributed by atoms with van der Waals surface area (Å²) in [4.78, 5) is 27.4. The van der Waals surface area contributed by atoms with Gasteiger partial charge in [0, 0.05) is 43.6 Å². The molecule has 0 radical (unpaired) electrons. The first-order valence-corrected chi connectivity index (χ1v) is 10.0. The van der Waals surface area contributed by atoms with Crippen molar-refractivity contribution in [1.82, 2.24) is 15.4 Å². The largest absolute Gasteiger partial charge is 0.361 e. The fourth-order valence-corrected chi connectivity index (χ4v) is 3.92. The second kappa shape index (κ2) is 8.59. The number of amides is 2. The Labute approximate surface area is 166 Å². The quantitative estimate of drug-likeness (QED) is 0.831. The molecule has 1 unspecified atom stereocenters. The lowest BCUT2D eigenvalue weighted by Crippen LogP contribution is -2.55. The topological polar surface area (TPSA) is 75.4 Å². The molecule has 150 valence electrons. The molecule has 28 heavy (non-hydrogen) atoms. The van der Waals surface area contributed by atoms with Crippen LogP contribution in [0.15, 0.2) is 40.9 Å². The second-order valence-corrected chi connectivity index (χ2v) is 7.88. The van der Waals surface area contributed by atoms with Crippen LogP contribution in [0, 0.1) is 11.3 Å². The Kier molecular flexibility index (Phi) is 6.17. The van der Waals surface area contributed by atoms with Crippen LogP contribution in [0.4, 0.5) is 0 Å². The number of carbonyl (C=O) groups is 2. The number of likely N-dealkylation sites (tertiary alicyclic amines) is 1. The molecule has 0 bridgehead atoms. The molecule has 0 aliphatic carbocycles. The van der Waals surface area contributed by atoms with E-state index in [1.54, 1.807) is 0 Å². The summed E-state index contributed by atoms with van der Waals surface area (Å²) in [7, 11) is 0. The molecule has 0 saturated carbocycles. The maximum absolute atomic E-state index is 13.0. The third kappa shape index (κ3) is 4.26. The van der Waals surface area contributed by atoms with E-state index in [0.29, 0.717) is 31.8 Å². The van der Waals surface area contributed by atoms with Crippen molar-refractivity contribution in [1.29, 1.82) is 0 Å². The summed E-state index contributed by atoms with van der Waals surface area (Å²) in [6.07, 6.45) is 1.96. The van der Waals surface area contributed by atoms with Crippen LogP contribution in [0.2, 0.25) is 0 Å². The maximum Gasteiger partial charge on any atom is 0.228 e. The molecule has 1 N–H and O–H groups in total. The number of benzene rings is 1. The van der Waals surface area contributed by atoms with Gasteiger partial charge in [-0.05, 0) is 19.8 Å². The number of carbonyl (C=O) groups excluding carboxylic acids is 2. The Morgan fingerprint density at radius 1 is 1.29 bits per heavy atom. The van der Waals surface area contributed by atoms with Crippen molar-refractivity contribution >= 4 is 11.8 Å². The van der Waals surface area contributed by atoms with Gasteiger partial charge in [-0.2, -0.15) is 0 Å². The van der Waals surface area contributed by atoms with Crippen molar-refractivity contribution in [3.8, 4) is 11.3 Å². The summed E-state index contributed by atoms with van der Waals surface area (Å²) in [5.41, 5.74) is 1.05. The molecule has 1 saturated heterocycles. The molecule has 1 aromatic heterocycles. The van der Waals surface area contributed by atoms with Crippen LogP contribution in [0.3, 0.4) is 0 Å². The molecule has 1 atom stereocenters. The van der Waals surface area contributed by atoms with Crippen molar-refractivity contribution in [2.75, 3.05) is 19.6 Å². The Morgan fingerprint density at radius 3 is 2.71 bits per heavy atom. The van der Waals surface area contributed by atoms with E-state index < -0.39 is 5.41 Å². The highest BCUT2D eigenvalue weighted by Crippen LogP contribution is 2.35. The molecule has 1 aliphatic rings. The number of hydrogen-bond acceptors (Lipinski definition) is 4. The summed E-state index contributed by atoms with van der Waals surface area (Å²) < 4.78 is 5.58. The number of nitrogens with one attached hydrogen (secondary N) is 1. The van der Waals surface area contributed by atoms with Crippen LogP contribution in [-0.4, -0.2) is 41.5 Å². The van der Waals surface area contributed by atoms with E-state index in [1.165, 1.54) is 0 Å². The van der Waals surface area contributed by atoms with Crippen LogP contribution in [0.5, 0.6) is 0 Å². The first-order chi connectivity index (χ1) is 13.4. The molecule has 1 aromatic carbocycles.